The summed E-state index contributed by atoms with van der Waals surface area (Å²) < 4.78 is 10.0. The number of aliphatic carboxylic acids is 1. The molecule has 0 radical (unpaired) electrons. The maximum atomic E-state index is 11.7. The molecule has 1 saturated heterocycles. The van der Waals surface area contributed by atoms with Gasteiger partial charge in [0.25, 0.3) is 0 Å². The monoisotopic (exact) mass is 400 g/mol. The minimum atomic E-state index is -1.10. The second kappa shape index (κ2) is 12.5. The third-order valence-electron chi connectivity index (χ3n) is 4.10. The van der Waals surface area contributed by atoms with Gasteiger partial charge in [-0.3, -0.25) is 0 Å². The van der Waals surface area contributed by atoms with Crippen LogP contribution < -0.4 is 5.32 Å². The smallest absolute Gasteiger partial charge is 0.408 e. The molecule has 3 N–H and O–H groups in total. The lowest BCUT2D eigenvalue weighted by atomic mass is 10.1. The van der Waals surface area contributed by atoms with E-state index in [1.54, 1.807) is 0 Å². The Morgan fingerprint density at radius 2 is 1.59 bits per heavy atom. The number of hydrogen-bond donors (Lipinski definition) is 2. The third-order valence-corrected chi connectivity index (χ3v) is 4.10. The molecule has 8 heteroatoms. The number of ether oxygens (including phenoxy) is 2. The second-order valence-electron chi connectivity index (χ2n) is 6.39. The minimum Gasteiger partial charge on any atom is -0.609 e. The van der Waals surface area contributed by atoms with E-state index < -0.39 is 18.1 Å². The van der Waals surface area contributed by atoms with E-state index in [2.05, 4.69) is 5.32 Å². The van der Waals surface area contributed by atoms with Crippen LogP contribution in [0.3, 0.4) is 0 Å². The largest absolute Gasteiger partial charge is 0.609 e. The van der Waals surface area contributed by atoms with Crippen molar-refractivity contribution in [2.24, 2.45) is 0 Å². The van der Waals surface area contributed by atoms with Crippen LogP contribution in [0.5, 0.6) is 0 Å². The van der Waals surface area contributed by atoms with E-state index in [9.17, 15) is 14.7 Å². The number of nitrogens with one attached hydrogen (secondary N) is 2. The zero-order chi connectivity index (χ0) is 20.9. The fraction of sp³-hybridized carbons (Fsp3) is 0.333. The molecular formula is C21H26N3O5-. The van der Waals surface area contributed by atoms with Crippen LogP contribution >= 0.6 is 0 Å². The summed E-state index contributed by atoms with van der Waals surface area (Å²) in [6, 6.07) is 17.3. The summed E-state index contributed by atoms with van der Waals surface area (Å²) in [5.74, 6) is 5.93. The summed E-state index contributed by atoms with van der Waals surface area (Å²) in [7, 11) is 0. The van der Waals surface area contributed by atoms with E-state index in [-0.39, 0.29) is 13.0 Å². The lowest BCUT2D eigenvalue weighted by molar-refractivity contribution is -0.139. The lowest BCUT2D eigenvalue weighted by Gasteiger charge is -2.30. The predicted octanol–water partition coefficient (Wildman–Crippen LogP) is 2.89. The Labute approximate surface area is 170 Å². The van der Waals surface area contributed by atoms with Crippen molar-refractivity contribution in [3.8, 4) is 0 Å². The van der Waals surface area contributed by atoms with E-state index in [0.29, 0.717) is 0 Å². The highest BCUT2D eigenvalue weighted by atomic mass is 16.5. The summed E-state index contributed by atoms with van der Waals surface area (Å²) in [6.45, 7) is 3.08. The fourth-order valence-electron chi connectivity index (χ4n) is 2.52. The topological polar surface area (TPSA) is 112 Å². The Kier molecular flexibility index (Phi) is 9.64. The van der Waals surface area contributed by atoms with Crippen molar-refractivity contribution < 1.29 is 24.2 Å². The number of carbonyl (C=O) groups excluding carboxylic acids is 1. The van der Waals surface area contributed by atoms with Crippen LogP contribution in [-0.2, 0) is 27.3 Å². The summed E-state index contributed by atoms with van der Waals surface area (Å²) in [5.41, 5.74) is 1.67. The first kappa shape index (κ1) is 22.4. The van der Waals surface area contributed by atoms with Crippen LogP contribution in [0.15, 0.2) is 60.7 Å². The van der Waals surface area contributed by atoms with Gasteiger partial charge in [0.2, 0.25) is 0 Å². The van der Waals surface area contributed by atoms with Gasteiger partial charge in [-0.1, -0.05) is 60.7 Å². The van der Waals surface area contributed by atoms with Crippen LogP contribution in [0, 0.1) is 0 Å². The van der Waals surface area contributed by atoms with Gasteiger partial charge in [0.15, 0.2) is 0 Å². The maximum Gasteiger partial charge on any atom is 0.408 e. The van der Waals surface area contributed by atoms with Crippen molar-refractivity contribution >= 4 is 12.1 Å². The Morgan fingerprint density at radius 1 is 1.03 bits per heavy atom. The highest BCUT2D eigenvalue weighted by molar-refractivity contribution is 5.80. The van der Waals surface area contributed by atoms with Gasteiger partial charge in [-0.15, -0.1) is 0 Å². The molecule has 156 valence electrons. The number of rotatable bonds is 6. The molecule has 2 aromatic carbocycles. The van der Waals surface area contributed by atoms with Crippen molar-refractivity contribution in [2.75, 3.05) is 26.3 Å². The van der Waals surface area contributed by atoms with E-state index in [4.69, 9.17) is 15.3 Å². The molecular weight excluding hydrogens is 374 g/mol. The standard InChI is InChI=1S/C17H17NO4.C4H9N2O/c19-16(20)15(11-13-7-3-1-4-8-13)18-17(21)22-12-14-9-5-2-6-10-14;5-6-1-3-7-4-2-6/h1-10,15H,11-12H2,(H,18,21)(H,19,20);5H,1-4H2/q;-1/t15-;/m0./s1. The van der Waals surface area contributed by atoms with E-state index in [0.717, 1.165) is 37.4 Å². The molecule has 0 bridgehead atoms. The molecule has 0 unspecified atom stereocenters. The number of nitrogens with zero attached hydrogens (tertiary/aromatic N) is 1. The van der Waals surface area contributed by atoms with Crippen molar-refractivity contribution in [2.45, 2.75) is 19.1 Å². The first-order valence-corrected chi connectivity index (χ1v) is 9.32. The summed E-state index contributed by atoms with van der Waals surface area (Å²) in [4.78, 5) is 23.0. The number of alkyl carbamates (subject to hydrolysis) is 1. The molecule has 0 aliphatic carbocycles. The molecule has 1 fully saturated rings. The van der Waals surface area contributed by atoms with Crippen LogP contribution in [-0.4, -0.2) is 54.5 Å². The summed E-state index contributed by atoms with van der Waals surface area (Å²) >= 11 is 0. The van der Waals surface area contributed by atoms with E-state index in [1.807, 2.05) is 60.7 Å². The lowest BCUT2D eigenvalue weighted by Crippen LogP contribution is -2.42. The number of benzene rings is 2. The molecule has 8 nitrogen and oxygen atoms in total. The van der Waals surface area contributed by atoms with Crippen LogP contribution in [0.1, 0.15) is 11.1 Å². The van der Waals surface area contributed by atoms with Crippen molar-refractivity contribution in [3.63, 3.8) is 0 Å². The zero-order valence-corrected chi connectivity index (χ0v) is 16.1. The van der Waals surface area contributed by atoms with Gasteiger partial charge < -0.3 is 30.7 Å². The zero-order valence-electron chi connectivity index (χ0n) is 16.1. The first-order valence-electron chi connectivity index (χ1n) is 9.32. The summed E-state index contributed by atoms with van der Waals surface area (Å²) in [6.07, 6.45) is -0.538. The van der Waals surface area contributed by atoms with E-state index in [1.165, 1.54) is 5.01 Å². The van der Waals surface area contributed by atoms with Gasteiger partial charge in [-0.2, -0.15) is 0 Å². The molecule has 1 heterocycles. The predicted molar refractivity (Wildman–Crippen MR) is 108 cm³/mol. The first-order chi connectivity index (χ1) is 14.0. The Balaban J connectivity index is 0.000000360. The second-order valence-corrected chi connectivity index (χ2v) is 6.39. The molecule has 2 aromatic rings. The number of carboxylic acids is 1. The molecule has 3 rings (SSSR count). The third kappa shape index (κ3) is 9.20. The highest BCUT2D eigenvalue weighted by Gasteiger charge is 2.21. The van der Waals surface area contributed by atoms with Gasteiger partial charge >= 0.3 is 12.1 Å². The molecule has 0 saturated carbocycles. The average Bonchev–Trinajstić information content (AvgIpc) is 2.74. The van der Waals surface area contributed by atoms with Gasteiger partial charge in [0, 0.05) is 19.5 Å². The molecule has 1 atom stereocenters. The van der Waals surface area contributed by atoms with Crippen molar-refractivity contribution in [1.29, 1.82) is 0 Å². The van der Waals surface area contributed by atoms with Crippen LogP contribution in [0.2, 0.25) is 0 Å². The van der Waals surface area contributed by atoms with Gasteiger partial charge in [0.1, 0.15) is 12.6 Å². The van der Waals surface area contributed by atoms with Gasteiger partial charge in [-0.05, 0) is 11.1 Å². The number of amides is 1. The van der Waals surface area contributed by atoms with Crippen LogP contribution in [0.25, 0.3) is 5.84 Å². The Hall–Kier alpha value is -2.94. The fourth-order valence-corrected chi connectivity index (χ4v) is 2.52. The van der Waals surface area contributed by atoms with Crippen LogP contribution in [0.4, 0.5) is 4.79 Å². The summed E-state index contributed by atoms with van der Waals surface area (Å²) in [5, 5.41) is 13.1. The SMILES string of the molecule is O=C(N[C@@H](Cc1ccccc1)C(=O)O)OCc1ccccc1.[NH-]N1CCOCC1. The molecule has 1 aliphatic rings. The number of carboxylic acid groups (broad SMARTS) is 1. The molecule has 0 aromatic heterocycles. The maximum absolute atomic E-state index is 11.7. The van der Waals surface area contributed by atoms with E-state index >= 15 is 0 Å². The van der Waals surface area contributed by atoms with Crippen molar-refractivity contribution in [1.82, 2.24) is 10.3 Å². The number of carbonyl (C=O) groups is 2. The average molecular weight is 400 g/mol. The highest BCUT2D eigenvalue weighted by Crippen LogP contribution is 2.05. The van der Waals surface area contributed by atoms with Gasteiger partial charge in [0.05, 0.1) is 13.2 Å². The number of hydrogen-bond acceptors (Lipinski definition) is 5. The molecule has 0 spiro atoms. The minimum absolute atomic E-state index is 0.102. The molecule has 1 aliphatic heterocycles. The molecule has 29 heavy (non-hydrogen) atoms. The Bertz CT molecular complexity index is 736. The normalized spacial score (nSPS) is 14.8. The quantitative estimate of drug-likeness (QED) is 0.771. The number of morpholine rings is 1. The van der Waals surface area contributed by atoms with Crippen molar-refractivity contribution in [3.05, 3.63) is 77.6 Å². The van der Waals surface area contributed by atoms with Gasteiger partial charge in [-0.25, -0.2) is 9.59 Å². The molecule has 1 amide bonds. The Morgan fingerprint density at radius 3 is 2.07 bits per heavy atom.